The van der Waals surface area contributed by atoms with Gasteiger partial charge < -0.3 is 26.2 Å². The number of methoxy groups -OCH3 is 1. The van der Waals surface area contributed by atoms with Gasteiger partial charge in [0.25, 0.3) is 5.91 Å². The molecule has 1 saturated heterocycles. The van der Waals surface area contributed by atoms with Crippen molar-refractivity contribution in [2.45, 2.75) is 31.8 Å². The second kappa shape index (κ2) is 9.91. The number of rotatable bonds is 8. The first-order chi connectivity index (χ1) is 14.4. The highest BCUT2D eigenvalue weighted by Gasteiger charge is 2.22. The number of anilines is 1. The van der Waals surface area contributed by atoms with Crippen molar-refractivity contribution in [3.05, 3.63) is 58.9 Å². The first kappa shape index (κ1) is 22.1. The van der Waals surface area contributed by atoms with E-state index in [2.05, 4.69) is 4.90 Å². The van der Waals surface area contributed by atoms with E-state index in [1.165, 1.54) is 19.2 Å². The van der Waals surface area contributed by atoms with E-state index >= 15 is 0 Å². The van der Waals surface area contributed by atoms with E-state index in [4.69, 9.17) is 16.2 Å². The predicted octanol–water partition coefficient (Wildman–Crippen LogP) is 2.89. The Labute approximate surface area is 176 Å². The first-order valence-corrected chi connectivity index (χ1v) is 10.3. The number of ether oxygens (including phenoxy) is 1. The zero-order chi connectivity index (χ0) is 21.7. The van der Waals surface area contributed by atoms with Crippen LogP contribution in [0.1, 0.15) is 46.9 Å². The average Bonchev–Trinajstić information content (AvgIpc) is 2.74. The number of carbonyl (C=O) groups is 1. The lowest BCUT2D eigenvalue weighted by atomic mass is 9.88. The summed E-state index contributed by atoms with van der Waals surface area (Å²) in [6, 6.07) is 9.43. The number of nitrogens with zero attached hydrogens (tertiary/aromatic N) is 1. The van der Waals surface area contributed by atoms with Gasteiger partial charge in [-0.1, -0.05) is 12.1 Å². The number of nitrogens with two attached hydrogens (primary N) is 2. The van der Waals surface area contributed by atoms with E-state index in [1.54, 1.807) is 24.3 Å². The maximum absolute atomic E-state index is 13.0. The Bertz CT molecular complexity index is 865. The second-order valence-corrected chi connectivity index (χ2v) is 7.96. The van der Waals surface area contributed by atoms with Crippen LogP contribution in [0.5, 0.6) is 5.75 Å². The fraction of sp³-hybridized carbons (Fsp3) is 0.435. The molecular formula is C23H30FN3O3. The molecule has 7 heteroatoms. The average molecular weight is 416 g/mol. The Balaban J connectivity index is 1.50. The molecule has 0 aliphatic carbocycles. The van der Waals surface area contributed by atoms with Crippen LogP contribution in [0.3, 0.4) is 0 Å². The van der Waals surface area contributed by atoms with Crippen LogP contribution in [-0.4, -0.2) is 42.7 Å². The van der Waals surface area contributed by atoms with Gasteiger partial charge in [-0.05, 0) is 74.0 Å². The Kier molecular flexibility index (Phi) is 7.29. The number of nitrogen functional groups attached to an aromatic ring is 1. The Hall–Kier alpha value is -2.64. The number of amides is 1. The summed E-state index contributed by atoms with van der Waals surface area (Å²) in [6.07, 6.45) is 2.86. The van der Waals surface area contributed by atoms with Crippen molar-refractivity contribution in [1.29, 1.82) is 0 Å². The lowest BCUT2D eigenvalue weighted by molar-refractivity contribution is 0.0997. The number of benzene rings is 2. The van der Waals surface area contributed by atoms with Crippen molar-refractivity contribution >= 4 is 11.6 Å². The summed E-state index contributed by atoms with van der Waals surface area (Å²) in [6.45, 7) is 2.68. The number of hydrogen-bond donors (Lipinski definition) is 3. The van der Waals surface area contributed by atoms with Crippen molar-refractivity contribution in [3.63, 3.8) is 0 Å². The Morgan fingerprint density at radius 3 is 2.53 bits per heavy atom. The normalized spacial score (nSPS) is 16.4. The monoisotopic (exact) mass is 415 g/mol. The number of primary amides is 1. The van der Waals surface area contributed by atoms with Crippen LogP contribution in [0.25, 0.3) is 0 Å². The van der Waals surface area contributed by atoms with Gasteiger partial charge in [-0.2, -0.15) is 0 Å². The van der Waals surface area contributed by atoms with Gasteiger partial charge in [0.15, 0.2) is 0 Å². The van der Waals surface area contributed by atoms with Crippen molar-refractivity contribution in [1.82, 2.24) is 4.90 Å². The van der Waals surface area contributed by atoms with Gasteiger partial charge in [0.05, 0.1) is 18.8 Å². The van der Waals surface area contributed by atoms with Gasteiger partial charge in [0, 0.05) is 18.3 Å². The van der Waals surface area contributed by atoms with E-state index in [9.17, 15) is 14.3 Å². The zero-order valence-electron chi connectivity index (χ0n) is 17.3. The lowest BCUT2D eigenvalue weighted by Crippen LogP contribution is -2.35. The number of aliphatic hydroxyl groups is 1. The molecule has 0 saturated carbocycles. The zero-order valence-corrected chi connectivity index (χ0v) is 17.3. The molecule has 0 bridgehead atoms. The minimum atomic E-state index is -0.588. The molecule has 5 N–H and O–H groups in total. The molecule has 162 valence electrons. The lowest BCUT2D eigenvalue weighted by Gasteiger charge is -2.32. The molecule has 1 fully saturated rings. The summed E-state index contributed by atoms with van der Waals surface area (Å²) in [5, 5.41) is 10.3. The number of piperidine rings is 1. The summed E-state index contributed by atoms with van der Waals surface area (Å²) in [4.78, 5) is 14.0. The van der Waals surface area contributed by atoms with Crippen molar-refractivity contribution in [2.75, 3.05) is 32.5 Å². The first-order valence-electron chi connectivity index (χ1n) is 10.3. The number of carbonyl (C=O) groups excluding carboxylic acids is 1. The number of likely N-dealkylation sites (tertiary alicyclic amines) is 1. The van der Waals surface area contributed by atoms with Crippen molar-refractivity contribution in [2.24, 2.45) is 11.7 Å². The fourth-order valence-electron chi connectivity index (χ4n) is 4.06. The maximum atomic E-state index is 13.0. The molecular weight excluding hydrogens is 385 g/mol. The van der Waals surface area contributed by atoms with Gasteiger partial charge in [-0.25, -0.2) is 4.39 Å². The molecule has 1 amide bonds. The number of hydrogen-bond acceptors (Lipinski definition) is 5. The third-order valence-electron chi connectivity index (χ3n) is 5.92. The van der Waals surface area contributed by atoms with Crippen LogP contribution in [0.2, 0.25) is 0 Å². The SMILES string of the molecule is COc1cc(N)c(CC2CCN(CC[C@H](O)c3ccc(F)cc3)CC2)cc1C(N)=O. The third kappa shape index (κ3) is 5.49. The van der Waals surface area contributed by atoms with Crippen LogP contribution in [0.15, 0.2) is 36.4 Å². The number of aliphatic hydroxyl groups excluding tert-OH is 1. The summed E-state index contributed by atoms with van der Waals surface area (Å²) >= 11 is 0. The minimum absolute atomic E-state index is 0.298. The molecule has 2 aromatic rings. The predicted molar refractivity (Wildman–Crippen MR) is 115 cm³/mol. The van der Waals surface area contributed by atoms with Crippen molar-refractivity contribution in [3.8, 4) is 5.75 Å². The molecule has 1 aliphatic heterocycles. The van der Waals surface area contributed by atoms with Crippen LogP contribution < -0.4 is 16.2 Å². The van der Waals surface area contributed by atoms with Crippen LogP contribution in [0.4, 0.5) is 10.1 Å². The Morgan fingerprint density at radius 2 is 1.93 bits per heavy atom. The molecule has 1 aliphatic rings. The molecule has 0 aromatic heterocycles. The fourth-order valence-corrected chi connectivity index (χ4v) is 4.06. The molecule has 2 aromatic carbocycles. The molecule has 1 atom stereocenters. The van der Waals surface area contributed by atoms with E-state index in [0.717, 1.165) is 50.0 Å². The van der Waals surface area contributed by atoms with Crippen LogP contribution >= 0.6 is 0 Å². The summed E-state index contributed by atoms with van der Waals surface area (Å²) in [5.41, 5.74) is 14.3. The van der Waals surface area contributed by atoms with Gasteiger partial charge in [-0.3, -0.25) is 4.79 Å². The van der Waals surface area contributed by atoms with Crippen LogP contribution in [-0.2, 0) is 6.42 Å². The van der Waals surface area contributed by atoms with Crippen LogP contribution in [0, 0.1) is 11.7 Å². The Morgan fingerprint density at radius 1 is 1.27 bits per heavy atom. The summed E-state index contributed by atoms with van der Waals surface area (Å²) in [5.74, 6) is 0.0501. The topological polar surface area (TPSA) is 102 Å². The van der Waals surface area contributed by atoms with E-state index < -0.39 is 12.0 Å². The van der Waals surface area contributed by atoms with Gasteiger partial charge in [0.2, 0.25) is 0 Å². The van der Waals surface area contributed by atoms with Gasteiger partial charge >= 0.3 is 0 Å². The molecule has 0 radical (unpaired) electrons. The third-order valence-corrected chi connectivity index (χ3v) is 5.92. The molecule has 6 nitrogen and oxygen atoms in total. The largest absolute Gasteiger partial charge is 0.496 e. The van der Waals surface area contributed by atoms with Crippen molar-refractivity contribution < 1.29 is 19.0 Å². The quantitative estimate of drug-likeness (QED) is 0.576. The van der Waals surface area contributed by atoms with E-state index in [1.807, 2.05) is 0 Å². The molecule has 3 rings (SSSR count). The molecule has 1 heterocycles. The highest BCUT2D eigenvalue weighted by Crippen LogP contribution is 2.30. The van der Waals surface area contributed by atoms with Gasteiger partial charge in [-0.15, -0.1) is 0 Å². The number of halogens is 1. The highest BCUT2D eigenvalue weighted by molar-refractivity contribution is 5.96. The van der Waals surface area contributed by atoms with E-state index in [-0.39, 0.29) is 5.82 Å². The second-order valence-electron chi connectivity index (χ2n) is 7.96. The smallest absolute Gasteiger partial charge is 0.252 e. The minimum Gasteiger partial charge on any atom is -0.496 e. The highest BCUT2D eigenvalue weighted by atomic mass is 19.1. The standard InChI is InChI=1S/C23H30FN3O3/c1-30-22-14-20(25)17(13-19(22)23(26)29)12-15-6-9-27(10-7-15)11-8-21(28)16-2-4-18(24)5-3-16/h2-5,13-15,21,28H,6-12,25H2,1H3,(H2,26,29)/t21-/m0/s1. The summed E-state index contributed by atoms with van der Waals surface area (Å²) < 4.78 is 18.2. The van der Waals surface area contributed by atoms with E-state index in [0.29, 0.717) is 29.3 Å². The molecule has 30 heavy (non-hydrogen) atoms. The molecule has 0 spiro atoms. The van der Waals surface area contributed by atoms with Gasteiger partial charge in [0.1, 0.15) is 11.6 Å². The molecule has 0 unspecified atom stereocenters. The summed E-state index contributed by atoms with van der Waals surface area (Å²) in [7, 11) is 1.49. The maximum Gasteiger partial charge on any atom is 0.252 e.